The van der Waals surface area contributed by atoms with E-state index in [0.717, 1.165) is 11.8 Å². The van der Waals surface area contributed by atoms with Gasteiger partial charge in [0.25, 0.3) is 0 Å². The average Bonchev–Trinajstić information content (AvgIpc) is 2.67. The van der Waals surface area contributed by atoms with E-state index in [4.69, 9.17) is 0 Å². The molecule has 1 fully saturated rings. The maximum atomic E-state index is 3.75. The van der Waals surface area contributed by atoms with Gasteiger partial charge in [0.1, 0.15) is 0 Å². The van der Waals surface area contributed by atoms with Crippen molar-refractivity contribution in [3.8, 4) is 0 Å². The molecular formula is C13H27N. The maximum absolute atomic E-state index is 3.75. The lowest BCUT2D eigenvalue weighted by molar-refractivity contribution is 0.243. The summed E-state index contributed by atoms with van der Waals surface area (Å²) < 4.78 is 0. The van der Waals surface area contributed by atoms with Gasteiger partial charge in [0.05, 0.1) is 0 Å². The van der Waals surface area contributed by atoms with E-state index in [2.05, 4.69) is 33.0 Å². The van der Waals surface area contributed by atoms with Crippen LogP contribution in [-0.4, -0.2) is 12.1 Å². The fourth-order valence-corrected chi connectivity index (χ4v) is 2.37. The van der Waals surface area contributed by atoms with Gasteiger partial charge >= 0.3 is 0 Å². The van der Waals surface area contributed by atoms with E-state index >= 15 is 0 Å². The van der Waals surface area contributed by atoms with Crippen molar-refractivity contribution in [3.63, 3.8) is 0 Å². The largest absolute Gasteiger partial charge is 0.311 e. The molecule has 14 heavy (non-hydrogen) atoms. The number of hydrogen-bond donors (Lipinski definition) is 1. The number of nitrogens with one attached hydrogen (secondary N) is 1. The Balaban J connectivity index is 2.32. The van der Waals surface area contributed by atoms with Crippen molar-refractivity contribution in [1.82, 2.24) is 5.32 Å². The van der Waals surface area contributed by atoms with E-state index in [-0.39, 0.29) is 0 Å². The third-order valence-electron chi connectivity index (χ3n) is 3.98. The Morgan fingerprint density at radius 1 is 1.29 bits per heavy atom. The van der Waals surface area contributed by atoms with Crippen molar-refractivity contribution >= 4 is 0 Å². The smallest absolute Gasteiger partial charge is 0.0153 e. The van der Waals surface area contributed by atoms with E-state index in [9.17, 15) is 0 Å². The third kappa shape index (κ3) is 3.27. The highest BCUT2D eigenvalue weighted by Gasteiger charge is 2.31. The average molecular weight is 197 g/mol. The van der Waals surface area contributed by atoms with Crippen molar-refractivity contribution in [2.45, 2.75) is 65.3 Å². The standard InChI is InChI=1S/C13H27N/c1-5-11(2)10-14-13(3,4)12-8-6-7-9-12/h11-12,14H,5-10H2,1-4H3. The Kier molecular flexibility index (Phi) is 4.43. The van der Waals surface area contributed by atoms with Crippen LogP contribution in [0, 0.1) is 11.8 Å². The second-order valence-corrected chi connectivity index (χ2v) is 5.60. The summed E-state index contributed by atoms with van der Waals surface area (Å²) in [5.74, 6) is 1.72. The Bertz CT molecular complexity index is 157. The first-order chi connectivity index (χ1) is 6.56. The summed E-state index contributed by atoms with van der Waals surface area (Å²) in [7, 11) is 0. The van der Waals surface area contributed by atoms with Gasteiger partial charge in [-0.1, -0.05) is 33.1 Å². The number of rotatable bonds is 5. The molecule has 1 saturated carbocycles. The van der Waals surface area contributed by atoms with Crippen LogP contribution in [0.25, 0.3) is 0 Å². The van der Waals surface area contributed by atoms with Crippen LogP contribution >= 0.6 is 0 Å². The van der Waals surface area contributed by atoms with E-state index < -0.39 is 0 Å². The molecule has 0 saturated heterocycles. The monoisotopic (exact) mass is 197 g/mol. The lowest BCUT2D eigenvalue weighted by atomic mass is 9.85. The molecule has 0 aromatic carbocycles. The van der Waals surface area contributed by atoms with Crippen LogP contribution in [0.3, 0.4) is 0 Å². The Labute approximate surface area is 89.7 Å². The van der Waals surface area contributed by atoms with Crippen LogP contribution in [0.2, 0.25) is 0 Å². The van der Waals surface area contributed by atoms with Gasteiger partial charge in [-0.15, -0.1) is 0 Å². The summed E-state index contributed by atoms with van der Waals surface area (Å²) in [6.45, 7) is 10.5. The van der Waals surface area contributed by atoms with Gasteiger partial charge in [0, 0.05) is 5.54 Å². The number of hydrogen-bond acceptors (Lipinski definition) is 1. The normalized spacial score (nSPS) is 21.4. The molecule has 0 amide bonds. The van der Waals surface area contributed by atoms with Gasteiger partial charge in [-0.2, -0.15) is 0 Å². The molecular weight excluding hydrogens is 170 g/mol. The van der Waals surface area contributed by atoms with Crippen LogP contribution < -0.4 is 5.32 Å². The second kappa shape index (κ2) is 5.16. The van der Waals surface area contributed by atoms with Gasteiger partial charge in [0.2, 0.25) is 0 Å². The minimum Gasteiger partial charge on any atom is -0.311 e. The van der Waals surface area contributed by atoms with E-state index in [1.54, 1.807) is 0 Å². The summed E-state index contributed by atoms with van der Waals surface area (Å²) >= 11 is 0. The van der Waals surface area contributed by atoms with E-state index in [1.165, 1.54) is 38.6 Å². The van der Waals surface area contributed by atoms with Gasteiger partial charge in [-0.25, -0.2) is 0 Å². The van der Waals surface area contributed by atoms with Crippen molar-refractivity contribution in [2.24, 2.45) is 11.8 Å². The molecule has 0 aliphatic heterocycles. The molecule has 0 radical (unpaired) electrons. The second-order valence-electron chi connectivity index (χ2n) is 5.60. The van der Waals surface area contributed by atoms with Gasteiger partial charge < -0.3 is 5.32 Å². The summed E-state index contributed by atoms with van der Waals surface area (Å²) in [4.78, 5) is 0. The first-order valence-corrected chi connectivity index (χ1v) is 6.31. The Morgan fingerprint density at radius 3 is 2.36 bits per heavy atom. The molecule has 84 valence electrons. The van der Waals surface area contributed by atoms with Gasteiger partial charge in [-0.05, 0) is 45.1 Å². The molecule has 1 atom stereocenters. The van der Waals surface area contributed by atoms with Crippen LogP contribution in [0.15, 0.2) is 0 Å². The summed E-state index contributed by atoms with van der Waals surface area (Å²) in [6.07, 6.45) is 7.03. The molecule has 0 bridgehead atoms. The highest BCUT2D eigenvalue weighted by atomic mass is 15.0. The van der Waals surface area contributed by atoms with Crippen molar-refractivity contribution in [2.75, 3.05) is 6.54 Å². The molecule has 0 aromatic rings. The summed E-state index contributed by atoms with van der Waals surface area (Å²) in [6, 6.07) is 0. The molecule has 1 heteroatoms. The quantitative estimate of drug-likeness (QED) is 0.710. The lowest BCUT2D eigenvalue weighted by Gasteiger charge is -2.34. The fourth-order valence-electron chi connectivity index (χ4n) is 2.37. The molecule has 1 N–H and O–H groups in total. The van der Waals surface area contributed by atoms with E-state index in [1.807, 2.05) is 0 Å². The fraction of sp³-hybridized carbons (Fsp3) is 1.00. The van der Waals surface area contributed by atoms with Crippen molar-refractivity contribution in [1.29, 1.82) is 0 Å². The van der Waals surface area contributed by atoms with Crippen LogP contribution in [0.4, 0.5) is 0 Å². The van der Waals surface area contributed by atoms with E-state index in [0.29, 0.717) is 5.54 Å². The maximum Gasteiger partial charge on any atom is 0.0153 e. The highest BCUT2D eigenvalue weighted by molar-refractivity contribution is 4.89. The zero-order valence-corrected chi connectivity index (χ0v) is 10.4. The van der Waals surface area contributed by atoms with Crippen LogP contribution in [-0.2, 0) is 0 Å². The summed E-state index contributed by atoms with van der Waals surface area (Å²) in [5.41, 5.74) is 0.361. The molecule has 1 nitrogen and oxygen atoms in total. The Hall–Kier alpha value is -0.0400. The van der Waals surface area contributed by atoms with Gasteiger partial charge in [-0.3, -0.25) is 0 Å². The molecule has 0 aromatic heterocycles. The summed E-state index contributed by atoms with van der Waals surface area (Å²) in [5, 5.41) is 3.75. The van der Waals surface area contributed by atoms with Crippen molar-refractivity contribution in [3.05, 3.63) is 0 Å². The molecule has 1 aliphatic carbocycles. The zero-order valence-electron chi connectivity index (χ0n) is 10.4. The first-order valence-electron chi connectivity index (χ1n) is 6.31. The van der Waals surface area contributed by atoms with Crippen LogP contribution in [0.1, 0.15) is 59.8 Å². The highest BCUT2D eigenvalue weighted by Crippen LogP contribution is 2.33. The first kappa shape index (κ1) is 12.0. The van der Waals surface area contributed by atoms with Crippen LogP contribution in [0.5, 0.6) is 0 Å². The predicted octanol–water partition coefficient (Wildman–Crippen LogP) is 3.59. The predicted molar refractivity (Wildman–Crippen MR) is 63.5 cm³/mol. The molecule has 1 rings (SSSR count). The lowest BCUT2D eigenvalue weighted by Crippen LogP contribution is -2.46. The Morgan fingerprint density at radius 2 is 1.86 bits per heavy atom. The topological polar surface area (TPSA) is 12.0 Å². The molecule has 0 spiro atoms. The minimum absolute atomic E-state index is 0.361. The van der Waals surface area contributed by atoms with Gasteiger partial charge in [0.15, 0.2) is 0 Å². The molecule has 1 unspecified atom stereocenters. The molecule has 0 heterocycles. The SMILES string of the molecule is CCC(C)CNC(C)(C)C1CCCC1. The molecule has 1 aliphatic rings. The van der Waals surface area contributed by atoms with Crippen molar-refractivity contribution < 1.29 is 0 Å². The zero-order chi connectivity index (χ0) is 10.6. The minimum atomic E-state index is 0.361. The third-order valence-corrected chi connectivity index (χ3v) is 3.98.